The lowest BCUT2D eigenvalue weighted by Crippen LogP contribution is -2.24. The van der Waals surface area contributed by atoms with Crippen LogP contribution in [0.1, 0.15) is 89.9 Å². The van der Waals surface area contributed by atoms with Gasteiger partial charge >= 0.3 is 5.97 Å². The average molecular weight is 501 g/mol. The Morgan fingerprint density at radius 1 is 0.900 bits per heavy atom. The highest BCUT2D eigenvalue weighted by atomic mass is 35.5. The molecular formula is C21H35Cl2NO4S2. The number of carbonyl (C=O) groups is 1. The summed E-state index contributed by atoms with van der Waals surface area (Å²) in [6, 6.07) is 1.39. The summed E-state index contributed by atoms with van der Waals surface area (Å²) in [7, 11) is -2.13. The maximum Gasteiger partial charge on any atom is 0.305 e. The van der Waals surface area contributed by atoms with Crippen LogP contribution in [-0.2, 0) is 19.6 Å². The largest absolute Gasteiger partial charge is 0.469 e. The smallest absolute Gasteiger partial charge is 0.305 e. The number of unbranched alkanes of at least 4 members (excludes halogenated alkanes) is 12. The monoisotopic (exact) mass is 499 g/mol. The molecule has 30 heavy (non-hydrogen) atoms. The van der Waals surface area contributed by atoms with E-state index in [1.54, 1.807) is 0 Å². The van der Waals surface area contributed by atoms with E-state index in [4.69, 9.17) is 23.2 Å². The first-order chi connectivity index (χ1) is 14.4. The van der Waals surface area contributed by atoms with Gasteiger partial charge in [0.25, 0.3) is 0 Å². The van der Waals surface area contributed by atoms with E-state index in [1.807, 2.05) is 0 Å². The third-order valence-corrected chi connectivity index (χ3v) is 8.21. The zero-order chi connectivity index (χ0) is 22.2. The van der Waals surface area contributed by atoms with Crippen LogP contribution in [0.25, 0.3) is 0 Å². The molecule has 0 saturated carbocycles. The molecule has 0 aliphatic rings. The Kier molecular flexibility index (Phi) is 15.1. The van der Waals surface area contributed by atoms with E-state index in [2.05, 4.69) is 9.46 Å². The van der Waals surface area contributed by atoms with E-state index in [0.29, 0.717) is 17.3 Å². The summed E-state index contributed by atoms with van der Waals surface area (Å²) in [5, 5.41) is 0. The number of carbonyl (C=O) groups excluding carboxylic acids is 1. The molecule has 1 N–H and O–H groups in total. The van der Waals surface area contributed by atoms with Gasteiger partial charge < -0.3 is 4.74 Å². The van der Waals surface area contributed by atoms with Gasteiger partial charge in [0, 0.05) is 13.0 Å². The summed E-state index contributed by atoms with van der Waals surface area (Å²) >= 11 is 12.8. The van der Waals surface area contributed by atoms with Gasteiger partial charge in [-0.05, 0) is 18.9 Å². The van der Waals surface area contributed by atoms with E-state index in [-0.39, 0.29) is 15.2 Å². The zero-order valence-electron chi connectivity index (χ0n) is 17.9. The molecule has 0 aliphatic carbocycles. The van der Waals surface area contributed by atoms with Crippen LogP contribution in [0.4, 0.5) is 0 Å². The van der Waals surface area contributed by atoms with Crippen LogP contribution < -0.4 is 4.72 Å². The molecule has 0 saturated heterocycles. The van der Waals surface area contributed by atoms with Gasteiger partial charge in [-0.3, -0.25) is 4.79 Å². The van der Waals surface area contributed by atoms with E-state index >= 15 is 0 Å². The second-order valence-corrected chi connectivity index (χ2v) is 11.5. The molecule has 0 unspecified atom stereocenters. The second-order valence-electron chi connectivity index (χ2n) is 7.51. The number of methoxy groups -OCH3 is 1. The fraction of sp³-hybridized carbons (Fsp3) is 0.762. The van der Waals surface area contributed by atoms with E-state index in [0.717, 1.165) is 43.4 Å². The molecule has 0 bridgehead atoms. The number of nitrogens with one attached hydrogen (secondary N) is 1. The number of rotatable bonds is 18. The van der Waals surface area contributed by atoms with Crippen LogP contribution >= 0.6 is 34.5 Å². The first kappa shape index (κ1) is 27.7. The Morgan fingerprint density at radius 3 is 1.80 bits per heavy atom. The van der Waals surface area contributed by atoms with Gasteiger partial charge in [-0.15, -0.1) is 11.3 Å². The summed E-state index contributed by atoms with van der Waals surface area (Å²) in [4.78, 5) is 11.1. The lowest BCUT2D eigenvalue weighted by atomic mass is 10.0. The highest BCUT2D eigenvalue weighted by Crippen LogP contribution is 2.34. The van der Waals surface area contributed by atoms with Crippen molar-refractivity contribution in [2.24, 2.45) is 0 Å². The van der Waals surface area contributed by atoms with Crippen LogP contribution in [-0.4, -0.2) is 28.0 Å². The number of hydrogen-bond donors (Lipinski definition) is 1. The molecule has 1 aromatic rings. The Balaban J connectivity index is 1.88. The topological polar surface area (TPSA) is 72.5 Å². The van der Waals surface area contributed by atoms with Crippen LogP contribution in [0, 0.1) is 0 Å². The number of ether oxygens (including phenoxy) is 1. The predicted molar refractivity (Wildman–Crippen MR) is 126 cm³/mol. The van der Waals surface area contributed by atoms with E-state index in [1.165, 1.54) is 64.5 Å². The third-order valence-electron chi connectivity index (χ3n) is 4.99. The first-order valence-electron chi connectivity index (χ1n) is 10.9. The minimum atomic E-state index is -3.57. The van der Waals surface area contributed by atoms with Crippen LogP contribution in [0.2, 0.25) is 8.67 Å². The summed E-state index contributed by atoms with van der Waals surface area (Å²) in [5.74, 6) is -0.107. The van der Waals surface area contributed by atoms with Crippen molar-refractivity contribution >= 4 is 50.5 Å². The Hall–Kier alpha value is -0.340. The predicted octanol–water partition coefficient (Wildman–Crippen LogP) is 6.97. The first-order valence-corrected chi connectivity index (χ1v) is 13.9. The lowest BCUT2D eigenvalue weighted by Gasteiger charge is -2.06. The Labute approximate surface area is 195 Å². The molecule has 1 aromatic heterocycles. The zero-order valence-corrected chi connectivity index (χ0v) is 21.0. The lowest BCUT2D eigenvalue weighted by molar-refractivity contribution is -0.140. The van der Waals surface area contributed by atoms with E-state index < -0.39 is 10.0 Å². The van der Waals surface area contributed by atoms with Gasteiger partial charge in [0.1, 0.15) is 9.23 Å². The normalized spacial score (nSPS) is 11.7. The summed E-state index contributed by atoms with van der Waals surface area (Å²) in [6.07, 6.45) is 15.6. The van der Waals surface area contributed by atoms with Crippen molar-refractivity contribution < 1.29 is 17.9 Å². The van der Waals surface area contributed by atoms with Crippen molar-refractivity contribution in [2.75, 3.05) is 13.7 Å². The van der Waals surface area contributed by atoms with Gasteiger partial charge in [-0.2, -0.15) is 0 Å². The molecule has 0 atom stereocenters. The van der Waals surface area contributed by atoms with Crippen molar-refractivity contribution in [2.45, 2.75) is 94.8 Å². The summed E-state index contributed by atoms with van der Waals surface area (Å²) in [5.41, 5.74) is 0. The number of hydrogen-bond acceptors (Lipinski definition) is 5. The molecule has 0 fully saturated rings. The Morgan fingerprint density at radius 2 is 1.37 bits per heavy atom. The minimum Gasteiger partial charge on any atom is -0.469 e. The average Bonchev–Trinajstić information content (AvgIpc) is 3.06. The summed E-state index contributed by atoms with van der Waals surface area (Å²) < 4.78 is 32.1. The minimum absolute atomic E-state index is 0.0698. The third kappa shape index (κ3) is 12.5. The molecule has 1 heterocycles. The molecule has 9 heteroatoms. The van der Waals surface area contributed by atoms with Crippen LogP contribution in [0.3, 0.4) is 0 Å². The number of sulfonamides is 1. The van der Waals surface area contributed by atoms with Crippen LogP contribution in [0.5, 0.6) is 0 Å². The molecule has 5 nitrogen and oxygen atoms in total. The SMILES string of the molecule is COC(=O)CCCCCCCCCCCCCCCNS(=O)(=O)c1cc(Cl)sc1Cl. The molecule has 0 spiro atoms. The quantitative estimate of drug-likeness (QED) is 0.175. The number of halogens is 2. The van der Waals surface area contributed by atoms with Gasteiger partial charge in [-0.1, -0.05) is 93.8 Å². The molecule has 0 aromatic carbocycles. The van der Waals surface area contributed by atoms with Crippen LogP contribution in [0.15, 0.2) is 11.0 Å². The molecule has 0 amide bonds. The van der Waals surface area contributed by atoms with Crippen molar-refractivity contribution in [3.63, 3.8) is 0 Å². The highest BCUT2D eigenvalue weighted by molar-refractivity contribution is 7.89. The molecule has 0 radical (unpaired) electrons. The van der Waals surface area contributed by atoms with E-state index in [9.17, 15) is 13.2 Å². The number of thiophene rings is 1. The van der Waals surface area contributed by atoms with Gasteiger partial charge in [0.05, 0.1) is 11.4 Å². The van der Waals surface area contributed by atoms with Gasteiger partial charge in [-0.25, -0.2) is 13.1 Å². The Bertz CT molecular complexity index is 708. The second kappa shape index (κ2) is 16.3. The number of esters is 1. The van der Waals surface area contributed by atoms with Crippen molar-refractivity contribution in [1.29, 1.82) is 0 Å². The standard InChI is InChI=1S/C21H35Cl2NO4S2/c1-28-20(25)15-13-11-9-7-5-3-2-4-6-8-10-12-14-16-24-30(26,27)18-17-19(22)29-21(18)23/h17,24H,2-16H2,1H3. The van der Waals surface area contributed by atoms with Crippen molar-refractivity contribution in [3.8, 4) is 0 Å². The molecule has 1 rings (SSSR count). The fourth-order valence-corrected chi connectivity index (χ4v) is 6.46. The van der Waals surface area contributed by atoms with Crippen molar-refractivity contribution in [1.82, 2.24) is 4.72 Å². The maximum atomic E-state index is 12.2. The van der Waals surface area contributed by atoms with Crippen molar-refractivity contribution in [3.05, 3.63) is 14.7 Å². The maximum absolute atomic E-state index is 12.2. The molecule has 174 valence electrons. The van der Waals surface area contributed by atoms with Gasteiger partial charge in [0.15, 0.2) is 0 Å². The fourth-order valence-electron chi connectivity index (χ4n) is 3.23. The summed E-state index contributed by atoms with van der Waals surface area (Å²) in [6.45, 7) is 0.422. The van der Waals surface area contributed by atoms with Gasteiger partial charge in [0.2, 0.25) is 10.0 Å². The molecule has 0 aliphatic heterocycles. The molecular weight excluding hydrogens is 465 g/mol. The highest BCUT2D eigenvalue weighted by Gasteiger charge is 2.20.